The number of halogens is 1. The summed E-state index contributed by atoms with van der Waals surface area (Å²) in [5.74, 6) is 0.772. The molecule has 78 valence electrons. The van der Waals surface area contributed by atoms with Crippen molar-refractivity contribution < 1.29 is 0 Å². The molecule has 1 saturated heterocycles. The van der Waals surface area contributed by atoms with Crippen molar-refractivity contribution in [3.8, 4) is 0 Å². The van der Waals surface area contributed by atoms with Gasteiger partial charge in [0.2, 0.25) is 0 Å². The van der Waals surface area contributed by atoms with Crippen LogP contribution in [0.5, 0.6) is 0 Å². The SMILES string of the molecule is Brc1cccn2cc(CC3CNC3)nc12. The van der Waals surface area contributed by atoms with Crippen molar-refractivity contribution in [2.24, 2.45) is 5.92 Å². The normalized spacial score (nSPS) is 16.9. The Labute approximate surface area is 96.6 Å². The molecular weight excluding hydrogens is 254 g/mol. The van der Waals surface area contributed by atoms with Gasteiger partial charge in [-0.3, -0.25) is 0 Å². The molecule has 0 radical (unpaired) electrons. The van der Waals surface area contributed by atoms with E-state index in [9.17, 15) is 0 Å². The van der Waals surface area contributed by atoms with Crippen LogP contribution in [0.2, 0.25) is 0 Å². The first-order chi connectivity index (χ1) is 7.33. The molecule has 3 rings (SSSR count). The average molecular weight is 266 g/mol. The fourth-order valence-electron chi connectivity index (χ4n) is 1.92. The molecule has 0 spiro atoms. The largest absolute Gasteiger partial charge is 0.316 e. The zero-order valence-electron chi connectivity index (χ0n) is 8.28. The van der Waals surface area contributed by atoms with E-state index in [4.69, 9.17) is 0 Å². The first-order valence-corrected chi connectivity index (χ1v) is 5.95. The maximum atomic E-state index is 4.62. The van der Waals surface area contributed by atoms with E-state index in [-0.39, 0.29) is 0 Å². The van der Waals surface area contributed by atoms with Gasteiger partial charge in [0, 0.05) is 12.4 Å². The Kier molecular flexibility index (Phi) is 2.25. The third kappa shape index (κ3) is 1.68. The summed E-state index contributed by atoms with van der Waals surface area (Å²) in [7, 11) is 0. The maximum absolute atomic E-state index is 4.62. The number of aromatic nitrogens is 2. The van der Waals surface area contributed by atoms with Gasteiger partial charge in [-0.05, 0) is 53.5 Å². The van der Waals surface area contributed by atoms with Crippen LogP contribution in [0, 0.1) is 5.92 Å². The van der Waals surface area contributed by atoms with Crippen molar-refractivity contribution in [3.63, 3.8) is 0 Å². The van der Waals surface area contributed by atoms with E-state index in [1.807, 2.05) is 18.3 Å². The monoisotopic (exact) mass is 265 g/mol. The van der Waals surface area contributed by atoms with Crippen molar-refractivity contribution in [2.45, 2.75) is 6.42 Å². The molecule has 1 N–H and O–H groups in total. The summed E-state index contributed by atoms with van der Waals surface area (Å²) in [6.45, 7) is 2.27. The maximum Gasteiger partial charge on any atom is 0.151 e. The van der Waals surface area contributed by atoms with E-state index in [0.717, 1.165) is 35.5 Å². The smallest absolute Gasteiger partial charge is 0.151 e. The highest BCUT2D eigenvalue weighted by Gasteiger charge is 2.18. The lowest BCUT2D eigenvalue weighted by atomic mass is 9.98. The number of nitrogens with one attached hydrogen (secondary N) is 1. The molecule has 0 amide bonds. The van der Waals surface area contributed by atoms with Crippen molar-refractivity contribution in [1.29, 1.82) is 0 Å². The van der Waals surface area contributed by atoms with E-state index in [2.05, 4.69) is 36.8 Å². The molecule has 2 aromatic heterocycles. The third-order valence-electron chi connectivity index (χ3n) is 2.85. The van der Waals surface area contributed by atoms with Crippen LogP contribution in [0.15, 0.2) is 29.0 Å². The lowest BCUT2D eigenvalue weighted by molar-refractivity contribution is 0.344. The lowest BCUT2D eigenvalue weighted by Crippen LogP contribution is -2.43. The quantitative estimate of drug-likeness (QED) is 0.899. The molecule has 0 aliphatic carbocycles. The van der Waals surface area contributed by atoms with E-state index in [1.165, 1.54) is 5.69 Å². The predicted octanol–water partition coefficient (Wildman–Crippen LogP) is 1.86. The molecule has 0 saturated carbocycles. The first kappa shape index (κ1) is 9.36. The van der Waals surface area contributed by atoms with Crippen LogP contribution in [0.4, 0.5) is 0 Å². The standard InChI is InChI=1S/C11H12BrN3/c12-10-2-1-3-15-7-9(14-11(10)15)4-8-5-13-6-8/h1-3,7-8,13H,4-6H2. The molecule has 15 heavy (non-hydrogen) atoms. The molecule has 0 bridgehead atoms. The molecule has 4 heteroatoms. The summed E-state index contributed by atoms with van der Waals surface area (Å²) in [6, 6.07) is 4.05. The van der Waals surface area contributed by atoms with Crippen LogP contribution in [0.25, 0.3) is 5.65 Å². The third-order valence-corrected chi connectivity index (χ3v) is 3.47. The number of rotatable bonds is 2. The second-order valence-corrected chi connectivity index (χ2v) is 4.90. The average Bonchev–Trinajstić information content (AvgIpc) is 2.56. The fourth-order valence-corrected chi connectivity index (χ4v) is 2.36. The van der Waals surface area contributed by atoms with Gasteiger partial charge in [-0.25, -0.2) is 4.98 Å². The zero-order valence-corrected chi connectivity index (χ0v) is 9.87. The van der Waals surface area contributed by atoms with Crippen molar-refractivity contribution in [2.75, 3.05) is 13.1 Å². The summed E-state index contributed by atoms with van der Waals surface area (Å²) in [6.07, 6.45) is 5.25. The molecule has 1 fully saturated rings. The molecule has 1 aliphatic heterocycles. The minimum absolute atomic E-state index is 0.772. The fraction of sp³-hybridized carbons (Fsp3) is 0.364. The van der Waals surface area contributed by atoms with E-state index in [1.54, 1.807) is 0 Å². The first-order valence-electron chi connectivity index (χ1n) is 5.16. The summed E-state index contributed by atoms with van der Waals surface area (Å²) in [4.78, 5) is 4.62. The summed E-state index contributed by atoms with van der Waals surface area (Å²) < 4.78 is 3.13. The number of imidazole rings is 1. The summed E-state index contributed by atoms with van der Waals surface area (Å²) in [5.41, 5.74) is 2.20. The zero-order chi connectivity index (χ0) is 10.3. The Hall–Kier alpha value is -0.870. The minimum Gasteiger partial charge on any atom is -0.316 e. The van der Waals surface area contributed by atoms with E-state index < -0.39 is 0 Å². The molecule has 0 unspecified atom stereocenters. The second kappa shape index (κ2) is 3.61. The number of hydrogen-bond donors (Lipinski definition) is 1. The van der Waals surface area contributed by atoms with Crippen LogP contribution >= 0.6 is 15.9 Å². The van der Waals surface area contributed by atoms with Gasteiger partial charge in [0.15, 0.2) is 5.65 Å². The van der Waals surface area contributed by atoms with Crippen LogP contribution in [0.1, 0.15) is 5.69 Å². The molecular formula is C11H12BrN3. The van der Waals surface area contributed by atoms with Gasteiger partial charge in [0.1, 0.15) is 0 Å². The molecule has 0 aromatic carbocycles. The summed E-state index contributed by atoms with van der Waals surface area (Å²) in [5, 5.41) is 3.28. The van der Waals surface area contributed by atoms with Crippen molar-refractivity contribution in [3.05, 3.63) is 34.7 Å². The summed E-state index contributed by atoms with van der Waals surface area (Å²) >= 11 is 3.51. The Bertz CT molecular complexity index is 488. The van der Waals surface area contributed by atoms with Gasteiger partial charge in [-0.2, -0.15) is 0 Å². The Morgan fingerprint density at radius 1 is 1.53 bits per heavy atom. The second-order valence-electron chi connectivity index (χ2n) is 4.05. The highest BCUT2D eigenvalue weighted by atomic mass is 79.9. The number of fused-ring (bicyclic) bond motifs is 1. The Morgan fingerprint density at radius 3 is 3.07 bits per heavy atom. The van der Waals surface area contributed by atoms with E-state index >= 15 is 0 Å². The van der Waals surface area contributed by atoms with Crippen LogP contribution in [-0.2, 0) is 6.42 Å². The highest BCUT2D eigenvalue weighted by Crippen LogP contribution is 2.19. The molecule has 3 heterocycles. The minimum atomic E-state index is 0.772. The van der Waals surface area contributed by atoms with Crippen LogP contribution in [-0.4, -0.2) is 22.5 Å². The van der Waals surface area contributed by atoms with Gasteiger partial charge in [-0.15, -0.1) is 0 Å². The van der Waals surface area contributed by atoms with Crippen molar-refractivity contribution >= 4 is 21.6 Å². The van der Waals surface area contributed by atoms with Gasteiger partial charge in [0.25, 0.3) is 0 Å². The topological polar surface area (TPSA) is 29.3 Å². The van der Waals surface area contributed by atoms with Gasteiger partial charge < -0.3 is 9.72 Å². The van der Waals surface area contributed by atoms with E-state index in [0.29, 0.717) is 0 Å². The number of hydrogen-bond acceptors (Lipinski definition) is 2. The van der Waals surface area contributed by atoms with Crippen molar-refractivity contribution in [1.82, 2.24) is 14.7 Å². The van der Waals surface area contributed by atoms with Gasteiger partial charge >= 0.3 is 0 Å². The number of nitrogens with zero attached hydrogens (tertiary/aromatic N) is 2. The molecule has 0 atom stereocenters. The Balaban J connectivity index is 1.95. The predicted molar refractivity (Wildman–Crippen MR) is 63.0 cm³/mol. The Morgan fingerprint density at radius 2 is 2.40 bits per heavy atom. The molecule has 2 aromatic rings. The van der Waals surface area contributed by atoms with Gasteiger partial charge in [-0.1, -0.05) is 0 Å². The van der Waals surface area contributed by atoms with Crippen LogP contribution in [0.3, 0.4) is 0 Å². The van der Waals surface area contributed by atoms with Crippen LogP contribution < -0.4 is 5.32 Å². The molecule has 1 aliphatic rings. The lowest BCUT2D eigenvalue weighted by Gasteiger charge is -2.25. The van der Waals surface area contributed by atoms with Gasteiger partial charge in [0.05, 0.1) is 10.2 Å². The molecule has 3 nitrogen and oxygen atoms in total. The highest BCUT2D eigenvalue weighted by molar-refractivity contribution is 9.10. The number of pyridine rings is 1.